The maximum absolute atomic E-state index is 12.4. The number of ketones is 4. The lowest BCUT2D eigenvalue weighted by Crippen LogP contribution is -2.26. The van der Waals surface area contributed by atoms with E-state index in [0.29, 0.717) is 29.4 Å². The van der Waals surface area contributed by atoms with Crippen LogP contribution in [0.25, 0.3) is 110 Å². The molecule has 0 bridgehead atoms. The maximum Gasteiger partial charge on any atom is 0.163 e. The molecule has 4 aliphatic carbocycles. The molecule has 8 aromatic carbocycles. The highest BCUT2D eigenvalue weighted by atomic mass is 16.3. The maximum atomic E-state index is 12.4. The lowest BCUT2D eigenvalue weighted by atomic mass is 9.97. The molecule has 1 aliphatic heterocycles. The fraction of sp³-hybridized carbons (Fsp3) is 0.375. The van der Waals surface area contributed by atoms with Gasteiger partial charge in [-0.05, 0) is 325 Å². The minimum absolute atomic E-state index is 0.0176. The van der Waals surface area contributed by atoms with Crippen LogP contribution in [0.5, 0.6) is 11.5 Å². The van der Waals surface area contributed by atoms with Crippen LogP contribution in [0.2, 0.25) is 0 Å². The topological polar surface area (TPSA) is 159 Å². The number of carbonyl (C=O) groups is 4. The van der Waals surface area contributed by atoms with Crippen LogP contribution in [-0.4, -0.2) is 128 Å². The number of aryl methyl sites for hydroxylation is 8. The van der Waals surface area contributed by atoms with Crippen molar-refractivity contribution in [1.82, 2.24) is 38.7 Å². The summed E-state index contributed by atoms with van der Waals surface area (Å²) in [6, 6.07) is 38.0. The molecule has 570 valence electrons. The number of nitrogens with one attached hydrogen (secondary N) is 2. The van der Waals surface area contributed by atoms with Crippen molar-refractivity contribution in [3.8, 4) is 11.5 Å². The Balaban J connectivity index is 0.000000122. The third-order valence-electron chi connectivity index (χ3n) is 24.2. The van der Waals surface area contributed by atoms with Crippen molar-refractivity contribution in [2.75, 3.05) is 60.4 Å². The number of nitrogens with zero attached hydrogens (tertiary/aromatic N) is 6. The van der Waals surface area contributed by atoms with E-state index in [2.05, 4.69) is 159 Å². The Morgan fingerprint density at radius 1 is 0.464 bits per heavy atom. The molecule has 1 unspecified atom stereocenters. The van der Waals surface area contributed by atoms with Crippen molar-refractivity contribution in [2.24, 2.45) is 0 Å². The van der Waals surface area contributed by atoms with Crippen molar-refractivity contribution < 1.29 is 29.4 Å². The molecule has 1 saturated heterocycles. The lowest BCUT2D eigenvalue weighted by Gasteiger charge is -2.20. The first-order chi connectivity index (χ1) is 53.1. The van der Waals surface area contributed by atoms with Gasteiger partial charge in [0.25, 0.3) is 0 Å². The van der Waals surface area contributed by atoms with Gasteiger partial charge < -0.3 is 48.9 Å². The lowest BCUT2D eigenvalue weighted by molar-refractivity contribution is 0.0989. The van der Waals surface area contributed by atoms with Crippen LogP contribution >= 0.6 is 0 Å². The summed E-state index contributed by atoms with van der Waals surface area (Å²) in [5.74, 6) is 0.546. The standard InChI is InChI=1S/2C25H28N2O.C24H28N2O.C22H26N2O3/c1-16-6-8-21-20(16)9-11-24-25(21)22-15-18(17(2)28)7-10-23(22)27(24)14-12-19-5-4-13-26(19)3;1-3-13-26-14-4-15-27-21-10-7-17-16(2)5-6-19(17)24(21)25-20-9-12-23(28)18(20)8-11-22(25)27;1-4-12-25-13-5-14-26-22-10-7-18(17(3)27)15-21(22)24-20-8-6-16(2)19(20)9-11-23(24)26;1-13(2)15-9-17-18-10-16(14(3)25)22(27)12-20(18)24(8-6-7-23(4)5)19(17)11-21(15)26/h7,9-11,15,19H,1,4-6,8,12-14H2,2-3H3;7-8,10-11,26H,2-6,9,12-15H2,1H3;7,9-11,15,25H,2,4-6,8,12-14H2,1,3H3;9-12,26-27H,1,6-8H2,2-5H3. The summed E-state index contributed by atoms with van der Waals surface area (Å²) < 4.78 is 9.51. The summed E-state index contributed by atoms with van der Waals surface area (Å²) >= 11 is 0. The number of hydrogen-bond donors (Lipinski definition) is 4. The van der Waals surface area contributed by atoms with Gasteiger partial charge in [0.1, 0.15) is 11.5 Å². The van der Waals surface area contributed by atoms with Crippen LogP contribution in [0.3, 0.4) is 0 Å². The second kappa shape index (κ2) is 32.5. The van der Waals surface area contributed by atoms with Gasteiger partial charge in [0.05, 0.1) is 16.6 Å². The molecule has 0 radical (unpaired) electrons. The average Bonchev–Trinajstić information content (AvgIpc) is 1.60. The molecule has 4 aromatic heterocycles. The van der Waals surface area contributed by atoms with Gasteiger partial charge >= 0.3 is 0 Å². The highest BCUT2D eigenvalue weighted by molar-refractivity contribution is 6.19. The normalized spacial score (nSPS) is 15.2. The zero-order chi connectivity index (χ0) is 77.5. The number of benzene rings is 8. The number of likely N-dealkylation sites (tertiary alicyclic amines) is 1. The first kappa shape index (κ1) is 76.8. The number of fused-ring (bicyclic) bond motifs is 20. The third-order valence-corrected chi connectivity index (χ3v) is 24.2. The van der Waals surface area contributed by atoms with E-state index < -0.39 is 0 Å². The summed E-state index contributed by atoms with van der Waals surface area (Å²) in [4.78, 5) is 52.9. The number of carbonyl (C=O) groups excluding carboxylic acids is 4. The van der Waals surface area contributed by atoms with Gasteiger partial charge in [0, 0.05) is 149 Å². The molecule has 1 atom stereocenters. The van der Waals surface area contributed by atoms with E-state index in [9.17, 15) is 29.4 Å². The number of allylic oxidation sites excluding steroid dienone is 4. The summed E-state index contributed by atoms with van der Waals surface area (Å²) in [5.41, 5.74) is 27.0. The summed E-state index contributed by atoms with van der Waals surface area (Å²) in [6.45, 7) is 37.8. The van der Waals surface area contributed by atoms with E-state index in [0.717, 1.165) is 167 Å². The number of rotatable bonds is 23. The number of phenolic OH excluding ortho intramolecular Hbond substituents is 2. The van der Waals surface area contributed by atoms with Crippen molar-refractivity contribution in [3.63, 3.8) is 0 Å². The summed E-state index contributed by atoms with van der Waals surface area (Å²) in [6.07, 6.45) is 17.1. The smallest absolute Gasteiger partial charge is 0.163 e. The van der Waals surface area contributed by atoms with Crippen LogP contribution in [0, 0.1) is 0 Å². The fourth-order valence-electron chi connectivity index (χ4n) is 18.5. The highest BCUT2D eigenvalue weighted by Crippen LogP contribution is 2.47. The molecule has 5 aliphatic rings. The van der Waals surface area contributed by atoms with E-state index in [4.69, 9.17) is 0 Å². The van der Waals surface area contributed by atoms with E-state index >= 15 is 0 Å². The van der Waals surface area contributed by atoms with Crippen LogP contribution in [0.15, 0.2) is 136 Å². The van der Waals surface area contributed by atoms with Gasteiger partial charge in [0.15, 0.2) is 23.1 Å². The summed E-state index contributed by atoms with van der Waals surface area (Å²) in [5, 5.41) is 37.5. The Hall–Kier alpha value is -9.96. The first-order valence-corrected chi connectivity index (χ1v) is 40.4. The molecule has 14 heteroatoms. The molecule has 1 fully saturated rings. The Labute approximate surface area is 647 Å². The molecule has 14 nitrogen and oxygen atoms in total. The van der Waals surface area contributed by atoms with Crippen molar-refractivity contribution in [1.29, 1.82) is 0 Å². The zero-order valence-corrected chi connectivity index (χ0v) is 66.4. The van der Waals surface area contributed by atoms with Crippen LogP contribution in [0.1, 0.15) is 205 Å². The third kappa shape index (κ3) is 14.6. The Morgan fingerprint density at radius 3 is 1.33 bits per heavy atom. The minimum atomic E-state index is -0.179. The Bertz CT molecular complexity index is 5590. The fourth-order valence-corrected chi connectivity index (χ4v) is 18.5. The van der Waals surface area contributed by atoms with Gasteiger partial charge in [-0.3, -0.25) is 19.2 Å². The molecule has 0 saturated carbocycles. The first-order valence-electron chi connectivity index (χ1n) is 40.4. The largest absolute Gasteiger partial charge is 0.507 e. The molecule has 5 heterocycles. The molecule has 110 heavy (non-hydrogen) atoms. The number of Topliss-reactive ketones (excluding diaryl/α,β-unsaturated/α-hetero) is 4. The van der Waals surface area contributed by atoms with Gasteiger partial charge in [-0.15, -0.1) is 0 Å². The molecule has 0 spiro atoms. The second-order valence-electron chi connectivity index (χ2n) is 31.9. The van der Waals surface area contributed by atoms with Crippen molar-refractivity contribution >= 4 is 133 Å². The predicted octanol–water partition coefficient (Wildman–Crippen LogP) is 20.5. The van der Waals surface area contributed by atoms with Gasteiger partial charge in [-0.2, -0.15) is 0 Å². The molecule has 12 aromatic rings. The van der Waals surface area contributed by atoms with E-state index in [-0.39, 0.29) is 28.8 Å². The SMILES string of the molecule is C=C(C)c1cc2c3cc(C(C)=O)c(O)cc3n(CCCN(C)C)c2cc1O.C=C1CCc2c1ccc1c2c2c3c(ccc2n1CCCNCCC)C(=O)CC3.C=C1CCc2c1ccc1c2c2cc(C(C)=O)ccc2n1CCC1CCCN1C.C=C1CCc2c1ccc1c2c2cc(C(C)=O)ccc2n1CCCNCCC. The second-order valence-corrected chi connectivity index (χ2v) is 31.9. The predicted molar refractivity (Wildman–Crippen MR) is 460 cm³/mol. The Kier molecular flexibility index (Phi) is 22.7. The molecule has 4 N–H and O–H groups in total. The molecule has 17 rings (SSSR count). The van der Waals surface area contributed by atoms with Crippen LogP contribution in [-0.2, 0) is 51.9 Å². The molecule has 0 amide bonds. The van der Waals surface area contributed by atoms with E-state index in [1.54, 1.807) is 32.0 Å². The average molecular weight is 1470 g/mol. The van der Waals surface area contributed by atoms with E-state index in [1.807, 2.05) is 39.2 Å². The quantitative estimate of drug-likeness (QED) is 0.0359. The monoisotopic (exact) mass is 1470 g/mol. The zero-order valence-electron chi connectivity index (χ0n) is 66.4. The van der Waals surface area contributed by atoms with Crippen molar-refractivity contribution in [2.45, 2.75) is 176 Å². The molecular weight excluding hydrogens is 1360 g/mol. The molecular formula is C96H110N8O6. The minimum Gasteiger partial charge on any atom is -0.507 e. The van der Waals surface area contributed by atoms with Crippen LogP contribution < -0.4 is 10.6 Å². The van der Waals surface area contributed by atoms with Gasteiger partial charge in [0.2, 0.25) is 0 Å². The highest BCUT2D eigenvalue weighted by Gasteiger charge is 2.31. The van der Waals surface area contributed by atoms with Crippen LogP contribution in [0.4, 0.5) is 0 Å². The number of aromatic nitrogens is 4. The number of phenols is 2. The summed E-state index contributed by atoms with van der Waals surface area (Å²) in [7, 11) is 6.31. The Morgan fingerprint density at radius 2 is 0.873 bits per heavy atom. The van der Waals surface area contributed by atoms with Gasteiger partial charge in [-0.25, -0.2) is 0 Å². The number of hydrogen-bond acceptors (Lipinski definition) is 10. The van der Waals surface area contributed by atoms with Crippen molar-refractivity contribution in [3.05, 3.63) is 202 Å². The number of aromatic hydroxyl groups is 2. The van der Waals surface area contributed by atoms with E-state index in [1.165, 1.54) is 167 Å². The van der Waals surface area contributed by atoms with Gasteiger partial charge in [-0.1, -0.05) is 58.4 Å².